The fourth-order valence-electron chi connectivity index (χ4n) is 3.11. The van der Waals surface area contributed by atoms with Crippen molar-refractivity contribution >= 4 is 5.82 Å². The number of hydrogen-bond acceptors (Lipinski definition) is 4. The summed E-state index contributed by atoms with van der Waals surface area (Å²) < 4.78 is 7.61. The number of nitrogens with zero attached hydrogens (tertiary/aromatic N) is 3. The Bertz CT molecular complexity index is 449. The molecule has 2 rings (SSSR count). The van der Waals surface area contributed by atoms with Gasteiger partial charge in [-0.3, -0.25) is 4.68 Å². The maximum Gasteiger partial charge on any atom is 0.131 e. The van der Waals surface area contributed by atoms with Gasteiger partial charge in [-0.2, -0.15) is 5.10 Å². The summed E-state index contributed by atoms with van der Waals surface area (Å²) in [6, 6.07) is 0.481. The van der Waals surface area contributed by atoms with Gasteiger partial charge in [0.15, 0.2) is 0 Å². The highest BCUT2D eigenvalue weighted by molar-refractivity contribution is 5.49. The van der Waals surface area contributed by atoms with Crippen LogP contribution in [0.3, 0.4) is 0 Å². The summed E-state index contributed by atoms with van der Waals surface area (Å²) in [5.74, 6) is 1.86. The lowest BCUT2D eigenvalue weighted by atomic mass is 10.0. The van der Waals surface area contributed by atoms with Crippen LogP contribution in [-0.4, -0.2) is 42.6 Å². The van der Waals surface area contributed by atoms with E-state index < -0.39 is 0 Å². The summed E-state index contributed by atoms with van der Waals surface area (Å²) in [4.78, 5) is 2.34. The monoisotopic (exact) mass is 294 g/mol. The van der Waals surface area contributed by atoms with Crippen LogP contribution in [0.2, 0.25) is 0 Å². The number of hydrogen-bond donors (Lipinski definition) is 1. The number of ether oxygens (including phenoxy) is 1. The number of anilines is 1. The third-order valence-electron chi connectivity index (χ3n) is 4.15. The molecule has 1 aromatic rings. The van der Waals surface area contributed by atoms with E-state index in [0.29, 0.717) is 12.0 Å². The van der Waals surface area contributed by atoms with Crippen molar-refractivity contribution in [3.63, 3.8) is 0 Å². The minimum absolute atomic E-state index is 0.481. The van der Waals surface area contributed by atoms with Crippen LogP contribution >= 0.6 is 0 Å². The molecular weight excluding hydrogens is 264 g/mol. The van der Waals surface area contributed by atoms with Gasteiger partial charge in [-0.15, -0.1) is 0 Å². The van der Waals surface area contributed by atoms with Crippen LogP contribution in [-0.2, 0) is 18.3 Å². The molecule has 0 aromatic carbocycles. The Morgan fingerprint density at radius 3 is 2.86 bits per heavy atom. The molecule has 0 radical (unpaired) electrons. The average Bonchev–Trinajstić information content (AvgIpc) is 2.71. The first kappa shape index (κ1) is 16.3. The zero-order valence-corrected chi connectivity index (χ0v) is 14.1. The van der Waals surface area contributed by atoms with Gasteiger partial charge >= 0.3 is 0 Å². The number of rotatable bonds is 6. The van der Waals surface area contributed by atoms with Crippen molar-refractivity contribution < 1.29 is 4.74 Å². The van der Waals surface area contributed by atoms with Gasteiger partial charge in [0.2, 0.25) is 0 Å². The van der Waals surface area contributed by atoms with Crippen molar-refractivity contribution in [3.8, 4) is 0 Å². The maximum absolute atomic E-state index is 5.60. The SMILES string of the molecule is Cc1nn(C)c(N(C)CC2CCCOC2)c1CNC(C)C. The second-order valence-electron chi connectivity index (χ2n) is 6.51. The lowest BCUT2D eigenvalue weighted by Gasteiger charge is -2.29. The summed E-state index contributed by atoms with van der Waals surface area (Å²) in [5, 5.41) is 8.12. The van der Waals surface area contributed by atoms with Gasteiger partial charge in [-0.25, -0.2) is 0 Å². The van der Waals surface area contributed by atoms with Gasteiger partial charge in [0.05, 0.1) is 12.3 Å². The molecule has 0 aliphatic carbocycles. The molecule has 0 amide bonds. The second-order valence-corrected chi connectivity index (χ2v) is 6.51. The van der Waals surface area contributed by atoms with Crippen LogP contribution in [0, 0.1) is 12.8 Å². The molecular formula is C16H30N4O. The number of aryl methyl sites for hydroxylation is 2. The van der Waals surface area contributed by atoms with E-state index in [1.54, 1.807) is 0 Å². The largest absolute Gasteiger partial charge is 0.381 e. The molecule has 21 heavy (non-hydrogen) atoms. The summed E-state index contributed by atoms with van der Waals surface area (Å²) in [5.41, 5.74) is 2.43. The number of nitrogens with one attached hydrogen (secondary N) is 1. The molecule has 0 spiro atoms. The highest BCUT2D eigenvalue weighted by atomic mass is 16.5. The topological polar surface area (TPSA) is 42.3 Å². The van der Waals surface area contributed by atoms with Gasteiger partial charge in [0.1, 0.15) is 5.82 Å². The van der Waals surface area contributed by atoms with Gasteiger partial charge in [0, 0.05) is 45.4 Å². The van der Waals surface area contributed by atoms with Crippen molar-refractivity contribution in [3.05, 3.63) is 11.3 Å². The van der Waals surface area contributed by atoms with Crippen LogP contribution in [0.4, 0.5) is 5.82 Å². The zero-order chi connectivity index (χ0) is 15.4. The van der Waals surface area contributed by atoms with E-state index >= 15 is 0 Å². The lowest BCUT2D eigenvalue weighted by molar-refractivity contribution is 0.0575. The standard InChI is InChI=1S/C16H30N4O/c1-12(2)17-9-15-13(3)18-20(5)16(15)19(4)10-14-7-6-8-21-11-14/h12,14,17H,6-11H2,1-5H3. The highest BCUT2D eigenvalue weighted by Crippen LogP contribution is 2.24. The summed E-state index contributed by atoms with van der Waals surface area (Å²) >= 11 is 0. The molecule has 1 N–H and O–H groups in total. The molecule has 1 saturated heterocycles. The molecule has 2 heterocycles. The smallest absolute Gasteiger partial charge is 0.131 e. The lowest BCUT2D eigenvalue weighted by Crippen LogP contribution is -2.33. The Morgan fingerprint density at radius 2 is 2.24 bits per heavy atom. The molecule has 1 aromatic heterocycles. The van der Waals surface area contributed by atoms with E-state index in [0.717, 1.165) is 32.0 Å². The van der Waals surface area contributed by atoms with Crippen LogP contribution in [0.5, 0.6) is 0 Å². The van der Waals surface area contributed by atoms with Crippen LogP contribution in [0.1, 0.15) is 37.9 Å². The van der Waals surface area contributed by atoms with Crippen molar-refractivity contribution in [2.45, 2.75) is 46.2 Å². The second kappa shape index (κ2) is 7.27. The van der Waals surface area contributed by atoms with Crippen molar-refractivity contribution in [2.75, 3.05) is 31.7 Å². The molecule has 1 aliphatic rings. The molecule has 1 aliphatic heterocycles. The molecule has 0 bridgehead atoms. The quantitative estimate of drug-likeness (QED) is 0.872. The molecule has 1 atom stereocenters. The van der Waals surface area contributed by atoms with Gasteiger partial charge in [-0.05, 0) is 25.7 Å². The molecule has 5 nitrogen and oxygen atoms in total. The minimum Gasteiger partial charge on any atom is -0.381 e. The third kappa shape index (κ3) is 4.20. The van der Waals surface area contributed by atoms with Crippen LogP contribution < -0.4 is 10.2 Å². The predicted molar refractivity (Wildman–Crippen MR) is 86.7 cm³/mol. The van der Waals surface area contributed by atoms with Crippen molar-refractivity contribution in [1.82, 2.24) is 15.1 Å². The van der Waals surface area contributed by atoms with E-state index in [4.69, 9.17) is 4.74 Å². The first-order valence-electron chi connectivity index (χ1n) is 8.03. The molecule has 1 fully saturated rings. The van der Waals surface area contributed by atoms with Crippen molar-refractivity contribution in [2.24, 2.45) is 13.0 Å². The summed E-state index contributed by atoms with van der Waals surface area (Å²) in [6.07, 6.45) is 2.45. The van der Waals surface area contributed by atoms with E-state index in [-0.39, 0.29) is 0 Å². The summed E-state index contributed by atoms with van der Waals surface area (Å²) in [6.45, 7) is 10.2. The minimum atomic E-state index is 0.481. The van der Waals surface area contributed by atoms with Gasteiger partial charge in [-0.1, -0.05) is 13.8 Å². The normalized spacial score (nSPS) is 19.2. The van der Waals surface area contributed by atoms with Gasteiger partial charge in [0.25, 0.3) is 0 Å². The van der Waals surface area contributed by atoms with Crippen LogP contribution in [0.25, 0.3) is 0 Å². The van der Waals surface area contributed by atoms with E-state index in [1.807, 2.05) is 11.7 Å². The zero-order valence-electron chi connectivity index (χ0n) is 14.1. The van der Waals surface area contributed by atoms with E-state index in [9.17, 15) is 0 Å². The maximum atomic E-state index is 5.60. The van der Waals surface area contributed by atoms with Crippen LogP contribution in [0.15, 0.2) is 0 Å². The Kier molecular flexibility index (Phi) is 5.65. The Hall–Kier alpha value is -1.07. The van der Waals surface area contributed by atoms with Crippen molar-refractivity contribution in [1.29, 1.82) is 0 Å². The molecule has 1 unspecified atom stereocenters. The average molecular weight is 294 g/mol. The molecule has 120 valence electrons. The molecule has 5 heteroatoms. The van der Waals surface area contributed by atoms with E-state index in [2.05, 4.69) is 43.1 Å². The fraction of sp³-hybridized carbons (Fsp3) is 0.812. The number of aromatic nitrogens is 2. The Morgan fingerprint density at radius 1 is 1.48 bits per heavy atom. The first-order chi connectivity index (χ1) is 9.99. The van der Waals surface area contributed by atoms with Gasteiger partial charge < -0.3 is 15.0 Å². The van der Waals surface area contributed by atoms with E-state index in [1.165, 1.54) is 24.2 Å². The first-order valence-corrected chi connectivity index (χ1v) is 8.03. The molecule has 0 saturated carbocycles. The fourth-order valence-corrected chi connectivity index (χ4v) is 3.11. The highest BCUT2D eigenvalue weighted by Gasteiger charge is 2.21. The summed E-state index contributed by atoms with van der Waals surface area (Å²) in [7, 11) is 4.21. The Labute approximate surface area is 128 Å². The Balaban J connectivity index is 2.09. The third-order valence-corrected chi connectivity index (χ3v) is 4.15. The predicted octanol–water partition coefficient (Wildman–Crippen LogP) is 2.09.